The lowest BCUT2D eigenvalue weighted by Gasteiger charge is -2.11. The fourth-order valence-electron chi connectivity index (χ4n) is 2.23. The van der Waals surface area contributed by atoms with Crippen molar-refractivity contribution in [3.05, 3.63) is 59.2 Å². The summed E-state index contributed by atoms with van der Waals surface area (Å²) in [5.74, 6) is 0.753. The first-order chi connectivity index (χ1) is 10.6. The molecular weight excluding hydrogens is 276 g/mol. The number of methoxy groups -OCH3 is 1. The summed E-state index contributed by atoms with van der Waals surface area (Å²) < 4.78 is 5.16. The number of carbonyl (C=O) groups excluding carboxylic acids is 1. The van der Waals surface area contributed by atoms with Crippen molar-refractivity contribution in [3.63, 3.8) is 0 Å². The SMILES string of the molecule is COc1cccc(CNC(=O)CNc2ccc(C)cc2C)c1. The number of carbonyl (C=O) groups is 1. The Kier molecular flexibility index (Phi) is 5.42. The summed E-state index contributed by atoms with van der Waals surface area (Å²) in [4.78, 5) is 11.9. The Morgan fingerprint density at radius 3 is 2.68 bits per heavy atom. The van der Waals surface area contributed by atoms with Crippen molar-refractivity contribution >= 4 is 11.6 Å². The van der Waals surface area contributed by atoms with Gasteiger partial charge in [0.05, 0.1) is 13.7 Å². The minimum absolute atomic E-state index is 0.0391. The molecule has 2 aromatic carbocycles. The van der Waals surface area contributed by atoms with Crippen molar-refractivity contribution < 1.29 is 9.53 Å². The fraction of sp³-hybridized carbons (Fsp3) is 0.278. The molecule has 0 aliphatic carbocycles. The molecule has 1 amide bonds. The highest BCUT2D eigenvalue weighted by atomic mass is 16.5. The van der Waals surface area contributed by atoms with Gasteiger partial charge in [-0.15, -0.1) is 0 Å². The number of anilines is 1. The topological polar surface area (TPSA) is 50.4 Å². The van der Waals surface area contributed by atoms with E-state index < -0.39 is 0 Å². The van der Waals surface area contributed by atoms with E-state index in [9.17, 15) is 4.79 Å². The number of ether oxygens (including phenoxy) is 1. The zero-order valence-corrected chi connectivity index (χ0v) is 13.3. The molecule has 0 bridgehead atoms. The Labute approximate surface area is 131 Å². The summed E-state index contributed by atoms with van der Waals surface area (Å²) in [6.07, 6.45) is 0. The summed E-state index contributed by atoms with van der Waals surface area (Å²) in [6, 6.07) is 13.8. The quantitative estimate of drug-likeness (QED) is 0.862. The standard InChI is InChI=1S/C18H22N2O2/c1-13-7-8-17(14(2)9-13)19-12-18(21)20-11-15-5-4-6-16(10-15)22-3/h4-10,19H,11-12H2,1-3H3,(H,20,21). The molecular formula is C18H22N2O2. The maximum Gasteiger partial charge on any atom is 0.239 e. The molecule has 2 N–H and O–H groups in total. The van der Waals surface area contributed by atoms with Gasteiger partial charge in [0.1, 0.15) is 5.75 Å². The Morgan fingerprint density at radius 2 is 1.95 bits per heavy atom. The number of hydrogen-bond acceptors (Lipinski definition) is 3. The van der Waals surface area contributed by atoms with E-state index in [0.717, 1.165) is 22.6 Å². The molecule has 0 spiro atoms. The highest BCUT2D eigenvalue weighted by Gasteiger charge is 2.04. The second-order valence-corrected chi connectivity index (χ2v) is 5.30. The van der Waals surface area contributed by atoms with Crippen molar-refractivity contribution in [1.29, 1.82) is 0 Å². The molecule has 0 saturated carbocycles. The Morgan fingerprint density at radius 1 is 1.14 bits per heavy atom. The highest BCUT2D eigenvalue weighted by molar-refractivity contribution is 5.80. The van der Waals surface area contributed by atoms with Gasteiger partial charge in [-0.1, -0.05) is 29.8 Å². The van der Waals surface area contributed by atoms with E-state index in [-0.39, 0.29) is 12.5 Å². The summed E-state index contributed by atoms with van der Waals surface area (Å²) in [7, 11) is 1.63. The largest absolute Gasteiger partial charge is 0.497 e. The van der Waals surface area contributed by atoms with Crippen LogP contribution >= 0.6 is 0 Å². The van der Waals surface area contributed by atoms with Crippen LogP contribution in [0.15, 0.2) is 42.5 Å². The second-order valence-electron chi connectivity index (χ2n) is 5.30. The van der Waals surface area contributed by atoms with Gasteiger partial charge >= 0.3 is 0 Å². The number of amides is 1. The van der Waals surface area contributed by atoms with Gasteiger partial charge in [-0.05, 0) is 43.2 Å². The maximum atomic E-state index is 11.9. The van der Waals surface area contributed by atoms with E-state index >= 15 is 0 Å². The van der Waals surface area contributed by atoms with Crippen molar-refractivity contribution in [3.8, 4) is 5.75 Å². The van der Waals surface area contributed by atoms with Gasteiger partial charge in [-0.2, -0.15) is 0 Å². The van der Waals surface area contributed by atoms with Crippen LogP contribution in [0.1, 0.15) is 16.7 Å². The van der Waals surface area contributed by atoms with Crippen LogP contribution in [0.2, 0.25) is 0 Å². The third-order valence-electron chi connectivity index (χ3n) is 3.45. The fourth-order valence-corrected chi connectivity index (χ4v) is 2.23. The molecule has 0 aliphatic rings. The number of hydrogen-bond donors (Lipinski definition) is 2. The molecule has 4 nitrogen and oxygen atoms in total. The second kappa shape index (κ2) is 7.50. The molecule has 0 heterocycles. The first-order valence-electron chi connectivity index (χ1n) is 7.29. The van der Waals surface area contributed by atoms with Crippen LogP contribution in [0.4, 0.5) is 5.69 Å². The van der Waals surface area contributed by atoms with Crippen LogP contribution in [0.3, 0.4) is 0 Å². The average Bonchev–Trinajstić information content (AvgIpc) is 2.52. The minimum atomic E-state index is -0.0391. The zero-order chi connectivity index (χ0) is 15.9. The zero-order valence-electron chi connectivity index (χ0n) is 13.3. The van der Waals surface area contributed by atoms with Crippen LogP contribution in [-0.2, 0) is 11.3 Å². The molecule has 22 heavy (non-hydrogen) atoms. The minimum Gasteiger partial charge on any atom is -0.497 e. The molecule has 0 aliphatic heterocycles. The molecule has 116 valence electrons. The average molecular weight is 298 g/mol. The third kappa shape index (κ3) is 4.52. The molecule has 0 radical (unpaired) electrons. The predicted molar refractivity (Wildman–Crippen MR) is 89.2 cm³/mol. The summed E-state index contributed by atoms with van der Waals surface area (Å²) >= 11 is 0. The van der Waals surface area contributed by atoms with Gasteiger partial charge in [0, 0.05) is 12.2 Å². The van der Waals surface area contributed by atoms with Crippen LogP contribution in [0.5, 0.6) is 5.75 Å². The van der Waals surface area contributed by atoms with Crippen LogP contribution in [0.25, 0.3) is 0 Å². The Bertz CT molecular complexity index is 653. The van der Waals surface area contributed by atoms with Gasteiger partial charge in [0.15, 0.2) is 0 Å². The van der Waals surface area contributed by atoms with Gasteiger partial charge in [-0.25, -0.2) is 0 Å². The normalized spacial score (nSPS) is 10.1. The van der Waals surface area contributed by atoms with Crippen molar-refractivity contribution in [2.24, 2.45) is 0 Å². The highest BCUT2D eigenvalue weighted by Crippen LogP contribution is 2.15. The summed E-state index contributed by atoms with van der Waals surface area (Å²) in [5.41, 5.74) is 4.35. The van der Waals surface area contributed by atoms with Gasteiger partial charge in [-0.3, -0.25) is 4.79 Å². The number of benzene rings is 2. The van der Waals surface area contributed by atoms with Crippen molar-refractivity contribution in [2.75, 3.05) is 19.0 Å². The van der Waals surface area contributed by atoms with Crippen molar-refractivity contribution in [2.45, 2.75) is 20.4 Å². The summed E-state index contributed by atoms with van der Waals surface area (Å²) in [5, 5.41) is 6.06. The first kappa shape index (κ1) is 15.9. The Balaban J connectivity index is 1.82. The molecule has 2 rings (SSSR count). The van der Waals surface area contributed by atoms with E-state index in [1.165, 1.54) is 5.56 Å². The van der Waals surface area contributed by atoms with Gasteiger partial charge in [0.25, 0.3) is 0 Å². The van der Waals surface area contributed by atoms with Crippen molar-refractivity contribution in [1.82, 2.24) is 5.32 Å². The molecule has 0 fully saturated rings. The van der Waals surface area contributed by atoms with Crippen LogP contribution in [0, 0.1) is 13.8 Å². The lowest BCUT2D eigenvalue weighted by atomic mass is 10.1. The van der Waals surface area contributed by atoms with E-state index in [2.05, 4.69) is 23.6 Å². The molecule has 0 unspecified atom stereocenters. The summed E-state index contributed by atoms with van der Waals surface area (Å²) in [6.45, 7) is 4.83. The number of rotatable bonds is 6. The third-order valence-corrected chi connectivity index (χ3v) is 3.45. The lowest BCUT2D eigenvalue weighted by molar-refractivity contribution is -0.119. The van der Waals surface area contributed by atoms with E-state index in [0.29, 0.717) is 6.54 Å². The molecule has 2 aromatic rings. The lowest BCUT2D eigenvalue weighted by Crippen LogP contribution is -2.29. The smallest absolute Gasteiger partial charge is 0.239 e. The first-order valence-corrected chi connectivity index (χ1v) is 7.29. The Hall–Kier alpha value is -2.49. The number of aryl methyl sites for hydroxylation is 2. The van der Waals surface area contributed by atoms with E-state index in [4.69, 9.17) is 4.74 Å². The van der Waals surface area contributed by atoms with E-state index in [1.807, 2.05) is 43.3 Å². The molecule has 0 saturated heterocycles. The van der Waals surface area contributed by atoms with Crippen LogP contribution < -0.4 is 15.4 Å². The molecule has 4 heteroatoms. The van der Waals surface area contributed by atoms with E-state index in [1.54, 1.807) is 7.11 Å². The monoisotopic (exact) mass is 298 g/mol. The maximum absolute atomic E-state index is 11.9. The number of nitrogens with one attached hydrogen (secondary N) is 2. The van der Waals surface area contributed by atoms with Gasteiger partial charge in [0.2, 0.25) is 5.91 Å². The van der Waals surface area contributed by atoms with Gasteiger partial charge < -0.3 is 15.4 Å². The predicted octanol–water partition coefficient (Wildman–Crippen LogP) is 3.04. The molecule has 0 aromatic heterocycles. The molecule has 0 atom stereocenters. The van der Waals surface area contributed by atoms with Crippen LogP contribution in [-0.4, -0.2) is 19.6 Å².